The molecule has 0 spiro atoms. The molecule has 0 radical (unpaired) electrons. The van der Waals surface area contributed by atoms with E-state index in [1.807, 2.05) is 0 Å². The zero-order valence-corrected chi connectivity index (χ0v) is 11.6. The summed E-state index contributed by atoms with van der Waals surface area (Å²) in [5.41, 5.74) is -8.75. The van der Waals surface area contributed by atoms with E-state index < -0.39 is 54.2 Å². The fraction of sp³-hybridized carbons (Fsp3) is 1.00. The Morgan fingerprint density at radius 2 is 1.41 bits per heavy atom. The molecule has 132 valence electrons. The third kappa shape index (κ3) is 2.67. The molecule has 0 aromatic carbocycles. The van der Waals surface area contributed by atoms with Gasteiger partial charge in [0.05, 0.1) is 0 Å². The highest BCUT2D eigenvalue weighted by atomic mass is 19.4. The molecular formula is C12H15F9O. The Kier molecular flexibility index (Phi) is 4.55. The molecule has 1 aliphatic carbocycles. The molecule has 10 heteroatoms. The molecule has 3 atom stereocenters. The van der Waals surface area contributed by atoms with Gasteiger partial charge in [-0.05, 0) is 18.8 Å². The van der Waals surface area contributed by atoms with E-state index in [1.54, 1.807) is 0 Å². The van der Waals surface area contributed by atoms with Gasteiger partial charge in [-0.25, -0.2) is 13.2 Å². The summed E-state index contributed by atoms with van der Waals surface area (Å²) < 4.78 is 118. The normalized spacial score (nSPS) is 31.6. The van der Waals surface area contributed by atoms with Gasteiger partial charge in [-0.2, -0.15) is 26.3 Å². The Morgan fingerprint density at radius 1 is 1.00 bits per heavy atom. The summed E-state index contributed by atoms with van der Waals surface area (Å²) in [5, 5.41) is 9.23. The lowest BCUT2D eigenvalue weighted by molar-refractivity contribution is -0.385. The maximum Gasteiger partial charge on any atom is 0.426 e. The Morgan fingerprint density at radius 3 is 1.64 bits per heavy atom. The fourth-order valence-corrected chi connectivity index (χ4v) is 3.11. The van der Waals surface area contributed by atoms with E-state index in [0.717, 1.165) is 0 Å². The van der Waals surface area contributed by atoms with E-state index in [1.165, 1.54) is 6.92 Å². The van der Waals surface area contributed by atoms with Crippen LogP contribution in [0.3, 0.4) is 0 Å². The Labute approximate surface area is 120 Å². The van der Waals surface area contributed by atoms with Crippen LogP contribution in [0.1, 0.15) is 33.1 Å². The second-order valence-electron chi connectivity index (χ2n) is 5.75. The second-order valence-corrected chi connectivity index (χ2v) is 5.75. The molecule has 0 aliphatic heterocycles. The van der Waals surface area contributed by atoms with E-state index in [-0.39, 0.29) is 13.3 Å². The molecule has 0 bridgehead atoms. The molecule has 0 aromatic heterocycles. The highest BCUT2D eigenvalue weighted by Gasteiger charge is 2.77. The van der Waals surface area contributed by atoms with Crippen LogP contribution in [-0.4, -0.2) is 34.7 Å². The molecule has 1 aliphatic rings. The van der Waals surface area contributed by atoms with Gasteiger partial charge in [0.15, 0.2) is 5.67 Å². The van der Waals surface area contributed by atoms with Gasteiger partial charge < -0.3 is 5.11 Å². The summed E-state index contributed by atoms with van der Waals surface area (Å²) in [7, 11) is 0. The predicted octanol–water partition coefficient (Wildman–Crippen LogP) is 4.64. The minimum Gasteiger partial charge on any atom is -0.373 e. The molecular weight excluding hydrogens is 331 g/mol. The van der Waals surface area contributed by atoms with Crippen LogP contribution < -0.4 is 0 Å². The van der Waals surface area contributed by atoms with Gasteiger partial charge in [0.25, 0.3) is 11.5 Å². The van der Waals surface area contributed by atoms with Gasteiger partial charge in [-0.3, -0.25) is 0 Å². The molecule has 1 saturated carbocycles. The van der Waals surface area contributed by atoms with E-state index >= 15 is 0 Å². The summed E-state index contributed by atoms with van der Waals surface area (Å²) in [6, 6.07) is 0. The van der Waals surface area contributed by atoms with Crippen molar-refractivity contribution in [2.75, 3.05) is 0 Å². The summed E-state index contributed by atoms with van der Waals surface area (Å²) in [4.78, 5) is 0. The van der Waals surface area contributed by atoms with Crippen molar-refractivity contribution in [2.45, 2.75) is 62.7 Å². The van der Waals surface area contributed by atoms with Gasteiger partial charge in [0.1, 0.15) is 0 Å². The number of aliphatic hydroxyl groups is 1. The number of hydrogen-bond donors (Lipinski definition) is 1. The van der Waals surface area contributed by atoms with Gasteiger partial charge in [-0.15, -0.1) is 0 Å². The van der Waals surface area contributed by atoms with Crippen LogP contribution in [0.2, 0.25) is 0 Å². The van der Waals surface area contributed by atoms with Crippen molar-refractivity contribution < 1.29 is 44.6 Å². The Hall–Kier alpha value is -0.670. The molecule has 0 heterocycles. The standard InChI is InChI=1S/C12H15F9O/c1-3-6-4-7(5-9(6,15)8(2,13)14)10(22,11(16,17)18)12(19,20)21/h6-7,22H,3-5H2,1-2H3. The molecule has 3 unspecified atom stereocenters. The minimum atomic E-state index is -6.15. The molecule has 22 heavy (non-hydrogen) atoms. The van der Waals surface area contributed by atoms with Crippen LogP contribution in [-0.2, 0) is 0 Å². The Balaban J connectivity index is 3.34. The van der Waals surface area contributed by atoms with Crippen molar-refractivity contribution in [3.8, 4) is 0 Å². The quantitative estimate of drug-likeness (QED) is 0.738. The third-order valence-electron chi connectivity index (χ3n) is 4.44. The smallest absolute Gasteiger partial charge is 0.373 e. The SMILES string of the molecule is CCC1CC(C(O)(C(F)(F)F)C(F)(F)F)CC1(F)C(C)(F)F. The van der Waals surface area contributed by atoms with Crippen molar-refractivity contribution in [3.05, 3.63) is 0 Å². The Bertz CT molecular complexity index is 394. The van der Waals surface area contributed by atoms with Crippen molar-refractivity contribution in [3.63, 3.8) is 0 Å². The van der Waals surface area contributed by atoms with Crippen LogP contribution in [0, 0.1) is 11.8 Å². The first-order chi connectivity index (χ1) is 9.52. The number of halogens is 9. The maximum absolute atomic E-state index is 14.4. The largest absolute Gasteiger partial charge is 0.426 e. The lowest BCUT2D eigenvalue weighted by Gasteiger charge is -2.37. The first-order valence-corrected chi connectivity index (χ1v) is 6.45. The highest BCUT2D eigenvalue weighted by molar-refractivity contribution is 5.11. The molecule has 0 amide bonds. The third-order valence-corrected chi connectivity index (χ3v) is 4.44. The van der Waals surface area contributed by atoms with Crippen molar-refractivity contribution >= 4 is 0 Å². The molecule has 1 N–H and O–H groups in total. The zero-order chi connectivity index (χ0) is 17.8. The average Bonchev–Trinajstić information content (AvgIpc) is 2.63. The van der Waals surface area contributed by atoms with Gasteiger partial charge >= 0.3 is 12.4 Å². The zero-order valence-electron chi connectivity index (χ0n) is 11.6. The first kappa shape index (κ1) is 19.4. The van der Waals surface area contributed by atoms with E-state index in [2.05, 4.69) is 0 Å². The highest BCUT2D eigenvalue weighted by Crippen LogP contribution is 2.60. The maximum atomic E-state index is 14.4. The summed E-state index contributed by atoms with van der Waals surface area (Å²) >= 11 is 0. The van der Waals surface area contributed by atoms with Crippen LogP contribution in [0.15, 0.2) is 0 Å². The van der Waals surface area contributed by atoms with Crippen molar-refractivity contribution in [1.82, 2.24) is 0 Å². The fourth-order valence-electron chi connectivity index (χ4n) is 3.11. The van der Waals surface area contributed by atoms with Crippen LogP contribution in [0.5, 0.6) is 0 Å². The van der Waals surface area contributed by atoms with Gasteiger partial charge in [-0.1, -0.05) is 13.3 Å². The van der Waals surface area contributed by atoms with E-state index in [0.29, 0.717) is 0 Å². The summed E-state index contributed by atoms with van der Waals surface area (Å²) in [6.07, 6.45) is -15.5. The van der Waals surface area contributed by atoms with Crippen molar-refractivity contribution in [1.29, 1.82) is 0 Å². The topological polar surface area (TPSA) is 20.2 Å². The van der Waals surface area contributed by atoms with Crippen LogP contribution >= 0.6 is 0 Å². The van der Waals surface area contributed by atoms with Crippen molar-refractivity contribution in [2.24, 2.45) is 11.8 Å². The monoisotopic (exact) mass is 346 g/mol. The lowest BCUT2D eigenvalue weighted by Crippen LogP contribution is -2.61. The second kappa shape index (κ2) is 5.17. The van der Waals surface area contributed by atoms with Gasteiger partial charge in [0, 0.05) is 12.8 Å². The van der Waals surface area contributed by atoms with E-state index in [9.17, 15) is 44.6 Å². The first-order valence-electron chi connectivity index (χ1n) is 6.45. The lowest BCUT2D eigenvalue weighted by atomic mass is 9.82. The summed E-state index contributed by atoms with van der Waals surface area (Å²) in [5.74, 6) is -8.57. The molecule has 1 fully saturated rings. The van der Waals surface area contributed by atoms with Crippen LogP contribution in [0.4, 0.5) is 39.5 Å². The molecule has 1 rings (SSSR count). The molecule has 0 aromatic rings. The van der Waals surface area contributed by atoms with Crippen LogP contribution in [0.25, 0.3) is 0 Å². The minimum absolute atomic E-state index is 0.109. The molecule has 1 nitrogen and oxygen atoms in total. The molecule has 0 saturated heterocycles. The predicted molar refractivity (Wildman–Crippen MR) is 58.0 cm³/mol. The average molecular weight is 346 g/mol. The van der Waals surface area contributed by atoms with E-state index in [4.69, 9.17) is 0 Å². The van der Waals surface area contributed by atoms with Gasteiger partial charge in [0.2, 0.25) is 0 Å². The summed E-state index contributed by atoms with van der Waals surface area (Å²) in [6.45, 7) is 1.30. The number of alkyl halides is 9. The number of hydrogen-bond acceptors (Lipinski definition) is 1. The number of rotatable bonds is 3.